The van der Waals surface area contributed by atoms with Crippen LogP contribution in [0.3, 0.4) is 0 Å². The van der Waals surface area contributed by atoms with Gasteiger partial charge in [0.1, 0.15) is 35.9 Å². The zero-order valence-corrected chi connectivity index (χ0v) is 54.1. The molecular weight excluding hydrogens is 1250 g/mol. The van der Waals surface area contributed by atoms with E-state index in [1.54, 1.807) is 50.2 Å². The number of carbonyl (C=O) groups excluding carboxylic acids is 6. The number of benzene rings is 2. The van der Waals surface area contributed by atoms with Crippen molar-refractivity contribution in [2.24, 2.45) is 46.3 Å². The molecule has 2 radical (unpaired) electrons. The monoisotopic (exact) mass is 1330 g/mol. The average Bonchev–Trinajstić information content (AvgIpc) is 1.46. The van der Waals surface area contributed by atoms with Gasteiger partial charge in [-0.2, -0.15) is 17.6 Å². The Hall–Kier alpha value is -5.65. The number of hydrogen-bond donors (Lipinski definition) is 0. The summed E-state index contributed by atoms with van der Waals surface area (Å²) in [6.07, 6.45) is 6.35. The van der Waals surface area contributed by atoms with E-state index >= 15 is 17.6 Å². The van der Waals surface area contributed by atoms with Crippen LogP contribution in [0.25, 0.3) is 22.1 Å². The fraction of sp³-hybridized carbons (Fsp3) is 0.656. The Morgan fingerprint density at radius 3 is 1.37 bits per heavy atom. The van der Waals surface area contributed by atoms with Gasteiger partial charge in [-0.05, 0) is 99.3 Å². The van der Waals surface area contributed by atoms with Crippen LogP contribution in [0.4, 0.5) is 17.6 Å². The largest absolute Gasteiger partial charge is 0.540 e. The molecule has 0 unspecified atom stereocenters. The number of methoxy groups -OCH3 is 2. The first-order valence-electron chi connectivity index (χ1n) is 30.8. The summed E-state index contributed by atoms with van der Waals surface area (Å²) in [6, 6.07) is 7.56. The molecule has 2 aromatic heterocycles. The number of alkyl halides is 4. The topological polar surface area (TPSA) is 234 Å². The zero-order chi connectivity index (χ0) is 62.5. The summed E-state index contributed by atoms with van der Waals surface area (Å²) in [5, 5.41) is 0. The minimum absolute atomic E-state index is 0. The van der Waals surface area contributed by atoms with Gasteiger partial charge < -0.3 is 57.3 Å². The van der Waals surface area contributed by atoms with Crippen molar-refractivity contribution in [2.45, 2.75) is 166 Å². The summed E-state index contributed by atoms with van der Waals surface area (Å²) in [4.78, 5) is 99.3. The van der Waals surface area contributed by atoms with E-state index in [0.29, 0.717) is 61.1 Å². The molecule has 0 N–H and O–H groups in total. The van der Waals surface area contributed by atoms with Crippen molar-refractivity contribution in [3.8, 4) is 23.3 Å². The molecule has 2 amide bonds. The van der Waals surface area contributed by atoms with Gasteiger partial charge in [0, 0.05) is 72.9 Å². The number of ether oxygens (including phenoxy) is 8. The van der Waals surface area contributed by atoms with Crippen LogP contribution in [0.1, 0.15) is 129 Å². The van der Waals surface area contributed by atoms with Crippen LogP contribution < -0.4 is 18.9 Å². The predicted molar refractivity (Wildman–Crippen MR) is 306 cm³/mol. The van der Waals surface area contributed by atoms with E-state index in [0.717, 1.165) is 12.8 Å². The molecule has 6 aliphatic heterocycles. The fourth-order valence-corrected chi connectivity index (χ4v) is 13.8. The van der Waals surface area contributed by atoms with Crippen molar-refractivity contribution < 1.29 is 121 Å². The molecule has 26 heteroatoms. The van der Waals surface area contributed by atoms with Gasteiger partial charge in [0.05, 0.1) is 100 Å². The molecule has 4 aromatic rings. The average molecular weight is 1330 g/mol. The molecule has 6 fully saturated rings. The minimum Gasteiger partial charge on any atom is -0.540 e. The molecule has 4 bridgehead atoms. The number of amides is 2. The second-order valence-corrected chi connectivity index (χ2v) is 26.1. The van der Waals surface area contributed by atoms with Crippen molar-refractivity contribution in [3.05, 3.63) is 47.8 Å². The van der Waals surface area contributed by atoms with Crippen LogP contribution in [0.15, 0.2) is 36.4 Å². The molecule has 20 nitrogen and oxygen atoms in total. The first kappa shape index (κ1) is 68.7. The number of halogens is 4. The number of hydrogen-bond acceptors (Lipinski definition) is 18. The standard InChI is InChI=1S/C33H40F2N3O7.C31H36F2N3O7.2V/c1-19-25(16-39)38-15-27(19)45-30-29(36-23-11-10-21(42-3)13-24(23)37-30)33(34,35)12-5-4-7-20-8-6-9-26(20)44-28(40)14-22(31(38)41)32(2)17-43-18-32;1-17-23(14-37)36-13-25(17)43-28-27(34-21-8-7-19(40-3)11-22(21)35-28)31(32,33)9-5-4-6-18-10-24(18)42-26(38)12-20(29(36)39)30(2)15-41-16-30;;/h10-11,13,19-20,22,25-27H,4-9,12,14-15,17-18H2,1-3H3;7-8,11,17-18,20,23-25H,4-6,9-10,12-13,15-16H2,1-3H3;;/q2*-1;;/t19-,20+,22+,25+,26+,27-;17-,18+,20+,23+,24+,25-;;/m00../s1. The molecule has 2 saturated carbocycles. The molecule has 2 aromatic carbocycles. The van der Waals surface area contributed by atoms with Crippen molar-refractivity contribution in [1.29, 1.82) is 0 Å². The number of esters is 2. The SMILES string of the molecule is COc1ccc2nc3c(nc2c1)O[C@H]1CN(C(=O)[C@H](C2(C)COC2)CC(=O)O[C@@H]2CCC[C@H]2CCCCC3(F)F)[C@H]([C-]=O)[C@@H]1C.COc1ccc2nc3c(nc2c1)O[C@H]1CN(C(=O)[C@H](C2(C)COC2)CC(=O)O[C@@H]2C[C@H]2CCCCC3(F)F)[C@H]([C-]=O)[C@@H]1C.[V].[V]. The van der Waals surface area contributed by atoms with Gasteiger partial charge in [-0.3, -0.25) is 19.2 Å². The first-order valence-corrected chi connectivity index (χ1v) is 30.8. The van der Waals surface area contributed by atoms with Crippen molar-refractivity contribution >= 4 is 58.4 Å². The van der Waals surface area contributed by atoms with E-state index in [1.165, 1.54) is 24.0 Å². The molecule has 12 atom stereocenters. The second-order valence-electron chi connectivity index (χ2n) is 26.1. The van der Waals surface area contributed by atoms with Gasteiger partial charge in [-0.1, -0.05) is 52.6 Å². The van der Waals surface area contributed by atoms with E-state index in [9.17, 15) is 28.8 Å². The van der Waals surface area contributed by atoms with Crippen molar-refractivity contribution in [3.63, 3.8) is 0 Å². The summed E-state index contributed by atoms with van der Waals surface area (Å²) in [6.45, 7) is 8.18. The molecule has 12 rings (SSSR count). The smallest absolute Gasteiger partial charge is 0.306 e. The van der Waals surface area contributed by atoms with E-state index in [4.69, 9.17) is 37.9 Å². The van der Waals surface area contributed by atoms with Crippen molar-refractivity contribution in [2.75, 3.05) is 53.7 Å². The summed E-state index contributed by atoms with van der Waals surface area (Å²) < 4.78 is 109. The van der Waals surface area contributed by atoms with Gasteiger partial charge in [-0.15, -0.1) is 0 Å². The molecule has 8 aliphatic rings. The van der Waals surface area contributed by atoms with E-state index < -0.39 is 119 Å². The van der Waals surface area contributed by atoms with Crippen LogP contribution in [-0.2, 0) is 96.7 Å². The Labute approximate surface area is 543 Å². The molecular formula is C64H76F4N6O14V2-2. The van der Waals surface area contributed by atoms with Gasteiger partial charge in [-0.25, -0.2) is 32.5 Å². The molecule has 486 valence electrons. The Bertz CT molecular complexity index is 3310. The maximum atomic E-state index is 16.0. The predicted octanol–water partition coefficient (Wildman–Crippen LogP) is 8.74. The maximum Gasteiger partial charge on any atom is 0.306 e. The quantitative estimate of drug-likeness (QED) is 0.0997. The van der Waals surface area contributed by atoms with E-state index in [1.807, 2.05) is 26.4 Å². The van der Waals surface area contributed by atoms with Gasteiger partial charge in [0.25, 0.3) is 11.8 Å². The number of fused-ring (bicyclic) bond motifs is 10. The Morgan fingerprint density at radius 2 is 0.956 bits per heavy atom. The van der Waals surface area contributed by atoms with Crippen LogP contribution in [0.5, 0.6) is 23.3 Å². The minimum atomic E-state index is -3.36. The molecule has 4 saturated heterocycles. The summed E-state index contributed by atoms with van der Waals surface area (Å²) in [7, 11) is 2.98. The first-order chi connectivity index (χ1) is 42.0. The third-order valence-electron chi connectivity index (χ3n) is 19.7. The Morgan fingerprint density at radius 1 is 0.533 bits per heavy atom. The normalized spacial score (nSPS) is 31.4. The van der Waals surface area contributed by atoms with Crippen LogP contribution in [-0.4, -0.2) is 156 Å². The van der Waals surface area contributed by atoms with Gasteiger partial charge >= 0.3 is 11.9 Å². The molecule has 0 spiro atoms. The molecule has 2 aliphatic carbocycles. The maximum absolute atomic E-state index is 16.0. The van der Waals surface area contributed by atoms with Gasteiger partial charge in [0.2, 0.25) is 23.6 Å². The third kappa shape index (κ3) is 14.1. The number of aromatic nitrogens is 4. The van der Waals surface area contributed by atoms with E-state index in [2.05, 4.69) is 19.9 Å². The summed E-state index contributed by atoms with van der Waals surface area (Å²) in [5.41, 5.74) is -1.24. The zero-order valence-electron chi connectivity index (χ0n) is 51.3. The van der Waals surface area contributed by atoms with Gasteiger partial charge in [0.15, 0.2) is 11.4 Å². The third-order valence-corrected chi connectivity index (χ3v) is 19.7. The van der Waals surface area contributed by atoms with Crippen LogP contribution >= 0.6 is 0 Å². The van der Waals surface area contributed by atoms with Crippen LogP contribution in [0.2, 0.25) is 0 Å². The Balaban J connectivity index is 0.000000209. The summed E-state index contributed by atoms with van der Waals surface area (Å²) in [5.74, 6) is -10.8. The number of nitrogens with zero attached hydrogens (tertiary/aromatic N) is 6. The molecule has 90 heavy (non-hydrogen) atoms. The number of rotatable bonds is 6. The van der Waals surface area contributed by atoms with Crippen molar-refractivity contribution in [1.82, 2.24) is 29.7 Å². The second kappa shape index (κ2) is 27.9. The fourth-order valence-electron chi connectivity index (χ4n) is 13.8. The number of carbonyl (C=O) groups is 4. The molecule has 8 heterocycles. The van der Waals surface area contributed by atoms with Crippen LogP contribution in [0, 0.1) is 46.3 Å². The Kier molecular flexibility index (Phi) is 21.3. The summed E-state index contributed by atoms with van der Waals surface area (Å²) >= 11 is 0. The van der Waals surface area contributed by atoms with E-state index in [-0.39, 0.29) is 149 Å².